The van der Waals surface area contributed by atoms with Gasteiger partial charge in [-0.3, -0.25) is 4.79 Å². The molecule has 1 aliphatic heterocycles. The first-order valence-electron chi connectivity index (χ1n) is 6.11. The van der Waals surface area contributed by atoms with Crippen LogP contribution in [0.2, 0.25) is 0 Å². The molecule has 5 heteroatoms. The van der Waals surface area contributed by atoms with Crippen LogP contribution in [0.3, 0.4) is 0 Å². The van der Waals surface area contributed by atoms with Crippen molar-refractivity contribution in [2.24, 2.45) is 0 Å². The van der Waals surface area contributed by atoms with Gasteiger partial charge >= 0.3 is 0 Å². The number of carbonyl (C=O) groups excluding carboxylic acids is 1. The van der Waals surface area contributed by atoms with Crippen molar-refractivity contribution >= 4 is 11.5 Å². The van der Waals surface area contributed by atoms with Crippen LogP contribution < -0.4 is 10.2 Å². The van der Waals surface area contributed by atoms with Crippen LogP contribution in [0.15, 0.2) is 12.1 Å². The standard InChI is InChI=1S/C13H16F2N2O/c1-2-12(18)9-7-10(14)13(11(15)8-9)17-5-3-16-4-6-17/h7-8,16H,2-6H2,1H3. The molecule has 1 aliphatic rings. The van der Waals surface area contributed by atoms with Crippen molar-refractivity contribution in [2.75, 3.05) is 31.1 Å². The Kier molecular flexibility index (Phi) is 3.91. The second kappa shape index (κ2) is 5.44. The summed E-state index contributed by atoms with van der Waals surface area (Å²) in [6.07, 6.45) is 0.242. The number of ketones is 1. The molecular weight excluding hydrogens is 238 g/mol. The Labute approximate surface area is 105 Å². The van der Waals surface area contributed by atoms with Crippen LogP contribution in [0.4, 0.5) is 14.5 Å². The number of halogens is 2. The summed E-state index contributed by atoms with van der Waals surface area (Å²) < 4.78 is 27.9. The van der Waals surface area contributed by atoms with Gasteiger partial charge in [0.15, 0.2) is 5.78 Å². The number of piperazine rings is 1. The first-order chi connectivity index (χ1) is 8.63. The quantitative estimate of drug-likeness (QED) is 0.837. The summed E-state index contributed by atoms with van der Waals surface area (Å²) in [4.78, 5) is 13.1. The summed E-state index contributed by atoms with van der Waals surface area (Å²) in [6.45, 7) is 4.20. The highest BCUT2D eigenvalue weighted by Crippen LogP contribution is 2.25. The average molecular weight is 254 g/mol. The Hall–Kier alpha value is -1.49. The fourth-order valence-corrected chi connectivity index (χ4v) is 2.12. The minimum absolute atomic E-state index is 0.0239. The van der Waals surface area contributed by atoms with Gasteiger partial charge in [0.25, 0.3) is 0 Å². The van der Waals surface area contributed by atoms with Gasteiger partial charge < -0.3 is 10.2 Å². The Bertz CT molecular complexity index is 433. The van der Waals surface area contributed by atoms with Crippen LogP contribution in [0.1, 0.15) is 23.7 Å². The van der Waals surface area contributed by atoms with E-state index in [0.717, 1.165) is 12.1 Å². The molecule has 2 rings (SSSR count). The lowest BCUT2D eigenvalue weighted by Gasteiger charge is -2.30. The lowest BCUT2D eigenvalue weighted by molar-refractivity contribution is 0.0987. The topological polar surface area (TPSA) is 32.3 Å². The number of anilines is 1. The first-order valence-corrected chi connectivity index (χ1v) is 6.11. The molecule has 1 heterocycles. The van der Waals surface area contributed by atoms with E-state index >= 15 is 0 Å². The molecule has 0 amide bonds. The van der Waals surface area contributed by atoms with Gasteiger partial charge in [-0.25, -0.2) is 8.78 Å². The summed E-state index contributed by atoms with van der Waals surface area (Å²) in [6, 6.07) is 2.26. The van der Waals surface area contributed by atoms with Crippen molar-refractivity contribution in [2.45, 2.75) is 13.3 Å². The fraction of sp³-hybridized carbons (Fsp3) is 0.462. The number of nitrogens with zero attached hydrogens (tertiary/aromatic N) is 1. The van der Waals surface area contributed by atoms with Gasteiger partial charge in [-0.15, -0.1) is 0 Å². The third-order valence-electron chi connectivity index (χ3n) is 3.09. The SMILES string of the molecule is CCC(=O)c1cc(F)c(N2CCNCC2)c(F)c1. The maximum absolute atomic E-state index is 13.9. The minimum atomic E-state index is -0.659. The molecule has 3 nitrogen and oxygen atoms in total. The van der Waals surface area contributed by atoms with Crippen molar-refractivity contribution in [3.05, 3.63) is 29.3 Å². The van der Waals surface area contributed by atoms with Crippen molar-refractivity contribution in [3.63, 3.8) is 0 Å². The zero-order valence-electron chi connectivity index (χ0n) is 10.3. The summed E-state index contributed by atoms with van der Waals surface area (Å²) in [5, 5.41) is 3.12. The number of Topliss-reactive ketones (excluding diaryl/α,β-unsaturated/α-hetero) is 1. The van der Waals surface area contributed by atoms with Crippen LogP contribution in [0.5, 0.6) is 0 Å². The van der Waals surface area contributed by atoms with Crippen LogP contribution >= 0.6 is 0 Å². The summed E-state index contributed by atoms with van der Waals surface area (Å²) >= 11 is 0. The molecule has 0 saturated carbocycles. The van der Waals surface area contributed by atoms with Crippen molar-refractivity contribution in [1.82, 2.24) is 5.32 Å². The number of benzene rings is 1. The third-order valence-corrected chi connectivity index (χ3v) is 3.09. The van der Waals surface area contributed by atoms with E-state index < -0.39 is 11.6 Å². The minimum Gasteiger partial charge on any atom is -0.364 e. The van der Waals surface area contributed by atoms with Gasteiger partial charge in [-0.1, -0.05) is 6.92 Å². The van der Waals surface area contributed by atoms with Crippen LogP contribution in [0.25, 0.3) is 0 Å². The van der Waals surface area contributed by atoms with E-state index in [-0.39, 0.29) is 23.5 Å². The summed E-state index contributed by atoms with van der Waals surface area (Å²) in [7, 11) is 0. The zero-order valence-corrected chi connectivity index (χ0v) is 10.3. The highest BCUT2D eigenvalue weighted by Gasteiger charge is 2.20. The van der Waals surface area contributed by atoms with Crippen LogP contribution in [0, 0.1) is 11.6 Å². The number of rotatable bonds is 3. The molecule has 0 radical (unpaired) electrons. The molecule has 1 saturated heterocycles. The van der Waals surface area contributed by atoms with E-state index in [1.807, 2.05) is 0 Å². The van der Waals surface area contributed by atoms with Crippen molar-refractivity contribution in [1.29, 1.82) is 0 Å². The second-order valence-corrected chi connectivity index (χ2v) is 4.30. The maximum atomic E-state index is 13.9. The maximum Gasteiger partial charge on any atom is 0.162 e. The lowest BCUT2D eigenvalue weighted by Crippen LogP contribution is -2.44. The Morgan fingerprint density at radius 1 is 1.28 bits per heavy atom. The molecule has 1 N–H and O–H groups in total. The van der Waals surface area contributed by atoms with Gasteiger partial charge in [-0.2, -0.15) is 0 Å². The lowest BCUT2D eigenvalue weighted by atomic mass is 10.1. The molecule has 98 valence electrons. The molecule has 1 aromatic carbocycles. The molecule has 0 spiro atoms. The highest BCUT2D eigenvalue weighted by atomic mass is 19.1. The third kappa shape index (κ3) is 2.51. The zero-order chi connectivity index (χ0) is 13.1. The average Bonchev–Trinajstić information content (AvgIpc) is 2.38. The normalized spacial score (nSPS) is 15.8. The molecular formula is C13H16F2N2O. The molecule has 18 heavy (non-hydrogen) atoms. The molecule has 0 bridgehead atoms. The van der Waals surface area contributed by atoms with Gasteiger partial charge in [0.05, 0.1) is 0 Å². The Balaban J connectivity index is 2.34. The van der Waals surface area contributed by atoms with Gasteiger partial charge in [0, 0.05) is 38.2 Å². The molecule has 1 fully saturated rings. The summed E-state index contributed by atoms with van der Waals surface area (Å²) in [5.74, 6) is -1.57. The first kappa shape index (κ1) is 13.0. The number of nitrogens with one attached hydrogen (secondary N) is 1. The molecule has 0 aromatic heterocycles. The fourth-order valence-electron chi connectivity index (χ4n) is 2.12. The van der Waals surface area contributed by atoms with Crippen molar-refractivity contribution in [3.8, 4) is 0 Å². The molecule has 0 unspecified atom stereocenters. The second-order valence-electron chi connectivity index (χ2n) is 4.30. The molecule has 0 atom stereocenters. The monoisotopic (exact) mass is 254 g/mol. The van der Waals surface area contributed by atoms with Gasteiger partial charge in [-0.05, 0) is 12.1 Å². The molecule has 1 aromatic rings. The van der Waals surface area contributed by atoms with E-state index in [9.17, 15) is 13.6 Å². The predicted octanol–water partition coefficient (Wildman–Crippen LogP) is 1.97. The van der Waals surface area contributed by atoms with Gasteiger partial charge in [0.1, 0.15) is 17.3 Å². The Morgan fingerprint density at radius 3 is 2.33 bits per heavy atom. The van der Waals surface area contributed by atoms with Crippen LogP contribution in [-0.4, -0.2) is 32.0 Å². The van der Waals surface area contributed by atoms with E-state index in [4.69, 9.17) is 0 Å². The van der Waals surface area contributed by atoms with Crippen molar-refractivity contribution < 1.29 is 13.6 Å². The number of hydrogen-bond acceptors (Lipinski definition) is 3. The van der Waals surface area contributed by atoms with E-state index in [1.54, 1.807) is 11.8 Å². The number of carbonyl (C=O) groups is 1. The molecule has 0 aliphatic carbocycles. The van der Waals surface area contributed by atoms with E-state index in [2.05, 4.69) is 5.32 Å². The largest absolute Gasteiger partial charge is 0.364 e. The highest BCUT2D eigenvalue weighted by molar-refractivity contribution is 5.96. The van der Waals surface area contributed by atoms with E-state index in [0.29, 0.717) is 26.2 Å². The predicted molar refractivity (Wildman–Crippen MR) is 66.1 cm³/mol. The van der Waals surface area contributed by atoms with Crippen LogP contribution in [-0.2, 0) is 0 Å². The van der Waals surface area contributed by atoms with E-state index in [1.165, 1.54) is 0 Å². The summed E-state index contributed by atoms with van der Waals surface area (Å²) in [5.41, 5.74) is 0.0792. The Morgan fingerprint density at radius 2 is 1.83 bits per heavy atom. The number of hydrogen-bond donors (Lipinski definition) is 1. The van der Waals surface area contributed by atoms with Gasteiger partial charge in [0.2, 0.25) is 0 Å². The smallest absolute Gasteiger partial charge is 0.162 e.